The van der Waals surface area contributed by atoms with Crippen LogP contribution in [0.5, 0.6) is 5.75 Å². The Morgan fingerprint density at radius 2 is 1.89 bits per heavy atom. The summed E-state index contributed by atoms with van der Waals surface area (Å²) in [6.07, 6.45) is 0. The molecular formula is C16H20N2O. The lowest BCUT2D eigenvalue weighted by Crippen LogP contribution is -2.18. The molecule has 2 aromatic rings. The van der Waals surface area contributed by atoms with Crippen LogP contribution in [0.1, 0.15) is 11.1 Å². The first-order chi connectivity index (χ1) is 9.24. The maximum Gasteiger partial charge on any atom is 0.119 e. The Labute approximate surface area is 114 Å². The van der Waals surface area contributed by atoms with Gasteiger partial charge in [-0.2, -0.15) is 0 Å². The van der Waals surface area contributed by atoms with Crippen LogP contribution >= 0.6 is 0 Å². The molecule has 3 nitrogen and oxygen atoms in total. The third kappa shape index (κ3) is 3.26. The zero-order valence-electron chi connectivity index (χ0n) is 11.5. The van der Waals surface area contributed by atoms with Gasteiger partial charge in [0.2, 0.25) is 0 Å². The fraction of sp³-hybridized carbons (Fsp3) is 0.250. The second-order valence-corrected chi connectivity index (χ2v) is 4.54. The number of benzene rings is 2. The van der Waals surface area contributed by atoms with Gasteiger partial charge in [-0.05, 0) is 29.3 Å². The molecule has 0 aliphatic rings. The zero-order chi connectivity index (χ0) is 13.7. The third-order valence-electron chi connectivity index (χ3n) is 3.18. The number of hydrogen-bond donors (Lipinski definition) is 1. The van der Waals surface area contributed by atoms with Crippen molar-refractivity contribution in [2.45, 2.75) is 13.1 Å². The van der Waals surface area contributed by atoms with Crippen molar-refractivity contribution in [2.75, 3.05) is 19.1 Å². The molecular weight excluding hydrogens is 236 g/mol. The molecule has 100 valence electrons. The number of anilines is 1. The summed E-state index contributed by atoms with van der Waals surface area (Å²) in [4.78, 5) is 2.21. The van der Waals surface area contributed by atoms with Gasteiger partial charge in [-0.25, -0.2) is 0 Å². The van der Waals surface area contributed by atoms with Gasteiger partial charge in [0.05, 0.1) is 7.11 Å². The van der Waals surface area contributed by atoms with E-state index in [1.807, 2.05) is 24.3 Å². The maximum atomic E-state index is 5.78. The van der Waals surface area contributed by atoms with Crippen molar-refractivity contribution in [3.63, 3.8) is 0 Å². The second kappa shape index (κ2) is 6.25. The largest absolute Gasteiger partial charge is 0.497 e. The second-order valence-electron chi connectivity index (χ2n) is 4.54. The van der Waals surface area contributed by atoms with E-state index in [0.717, 1.165) is 17.9 Å². The standard InChI is InChI=1S/C16H20N2O/c1-18(16-9-4-3-7-14(16)11-17)12-13-6-5-8-15(10-13)19-2/h3-10H,11-12,17H2,1-2H3. The van der Waals surface area contributed by atoms with Crippen molar-refractivity contribution in [1.29, 1.82) is 0 Å². The highest BCUT2D eigenvalue weighted by Crippen LogP contribution is 2.21. The summed E-state index contributed by atoms with van der Waals surface area (Å²) in [5, 5.41) is 0. The Hall–Kier alpha value is -2.00. The van der Waals surface area contributed by atoms with Crippen molar-refractivity contribution in [3.05, 3.63) is 59.7 Å². The summed E-state index contributed by atoms with van der Waals surface area (Å²) in [6, 6.07) is 16.3. The average molecular weight is 256 g/mol. The Kier molecular flexibility index (Phi) is 4.42. The fourth-order valence-electron chi connectivity index (χ4n) is 2.19. The van der Waals surface area contributed by atoms with Gasteiger partial charge in [-0.1, -0.05) is 30.3 Å². The molecule has 2 aromatic carbocycles. The minimum Gasteiger partial charge on any atom is -0.497 e. The van der Waals surface area contributed by atoms with E-state index in [0.29, 0.717) is 6.54 Å². The third-order valence-corrected chi connectivity index (χ3v) is 3.18. The molecule has 0 atom stereocenters. The predicted molar refractivity (Wildman–Crippen MR) is 79.4 cm³/mol. The molecule has 0 aromatic heterocycles. The zero-order valence-corrected chi connectivity index (χ0v) is 11.5. The van der Waals surface area contributed by atoms with Crippen LogP contribution in [0.4, 0.5) is 5.69 Å². The van der Waals surface area contributed by atoms with Crippen LogP contribution in [0.3, 0.4) is 0 Å². The molecule has 0 bridgehead atoms. The topological polar surface area (TPSA) is 38.5 Å². The van der Waals surface area contributed by atoms with Crippen molar-refractivity contribution in [1.82, 2.24) is 0 Å². The Morgan fingerprint density at radius 3 is 2.63 bits per heavy atom. The van der Waals surface area contributed by atoms with Gasteiger partial charge >= 0.3 is 0 Å². The first-order valence-electron chi connectivity index (χ1n) is 6.36. The molecule has 0 unspecified atom stereocenters. The van der Waals surface area contributed by atoms with Gasteiger partial charge in [0.1, 0.15) is 5.75 Å². The molecule has 3 heteroatoms. The summed E-state index contributed by atoms with van der Waals surface area (Å²) >= 11 is 0. The highest BCUT2D eigenvalue weighted by Gasteiger charge is 2.06. The summed E-state index contributed by atoms with van der Waals surface area (Å²) in [7, 11) is 3.76. The van der Waals surface area contributed by atoms with E-state index in [-0.39, 0.29) is 0 Å². The first kappa shape index (κ1) is 13.4. The highest BCUT2D eigenvalue weighted by molar-refractivity contribution is 5.53. The molecule has 0 saturated carbocycles. The SMILES string of the molecule is COc1cccc(CN(C)c2ccccc2CN)c1. The van der Waals surface area contributed by atoms with Gasteiger partial charge in [-0.3, -0.25) is 0 Å². The Bertz CT molecular complexity index is 540. The number of hydrogen-bond acceptors (Lipinski definition) is 3. The number of para-hydroxylation sites is 1. The van der Waals surface area contributed by atoms with Crippen molar-refractivity contribution >= 4 is 5.69 Å². The van der Waals surface area contributed by atoms with Gasteiger partial charge in [0, 0.05) is 25.8 Å². The van der Waals surface area contributed by atoms with Crippen LogP contribution in [-0.4, -0.2) is 14.2 Å². The maximum absolute atomic E-state index is 5.78. The van der Waals surface area contributed by atoms with Crippen molar-refractivity contribution < 1.29 is 4.74 Å². The molecule has 0 radical (unpaired) electrons. The van der Waals surface area contributed by atoms with Gasteiger partial charge < -0.3 is 15.4 Å². The van der Waals surface area contributed by atoms with Gasteiger partial charge in [-0.15, -0.1) is 0 Å². The monoisotopic (exact) mass is 256 g/mol. The predicted octanol–water partition coefficient (Wildman–Crippen LogP) is 2.79. The van der Waals surface area contributed by atoms with Gasteiger partial charge in [0.25, 0.3) is 0 Å². The van der Waals surface area contributed by atoms with Crippen LogP contribution in [0.2, 0.25) is 0 Å². The van der Waals surface area contributed by atoms with E-state index in [1.165, 1.54) is 11.3 Å². The number of nitrogens with zero attached hydrogens (tertiary/aromatic N) is 1. The highest BCUT2D eigenvalue weighted by atomic mass is 16.5. The van der Waals surface area contributed by atoms with E-state index in [2.05, 4.69) is 36.2 Å². The normalized spacial score (nSPS) is 10.3. The minimum atomic E-state index is 0.554. The van der Waals surface area contributed by atoms with E-state index in [1.54, 1.807) is 7.11 Å². The molecule has 0 fully saturated rings. The Morgan fingerprint density at radius 1 is 1.11 bits per heavy atom. The molecule has 0 heterocycles. The van der Waals surface area contributed by atoms with Crippen LogP contribution < -0.4 is 15.4 Å². The number of rotatable bonds is 5. The average Bonchev–Trinajstić information content (AvgIpc) is 2.47. The number of nitrogens with two attached hydrogens (primary N) is 1. The Balaban J connectivity index is 2.18. The molecule has 2 rings (SSSR count). The molecule has 0 spiro atoms. The molecule has 2 N–H and O–H groups in total. The summed E-state index contributed by atoms with van der Waals surface area (Å²) in [5.74, 6) is 0.887. The summed E-state index contributed by atoms with van der Waals surface area (Å²) in [6.45, 7) is 1.38. The number of ether oxygens (including phenoxy) is 1. The number of methoxy groups -OCH3 is 1. The van der Waals surface area contributed by atoms with Crippen LogP contribution in [-0.2, 0) is 13.1 Å². The smallest absolute Gasteiger partial charge is 0.119 e. The van der Waals surface area contributed by atoms with Crippen LogP contribution in [0.15, 0.2) is 48.5 Å². The first-order valence-corrected chi connectivity index (χ1v) is 6.36. The quantitative estimate of drug-likeness (QED) is 0.894. The van der Waals surface area contributed by atoms with Crippen molar-refractivity contribution in [2.24, 2.45) is 5.73 Å². The molecule has 0 aliphatic carbocycles. The van der Waals surface area contributed by atoms with E-state index in [9.17, 15) is 0 Å². The van der Waals surface area contributed by atoms with Gasteiger partial charge in [0.15, 0.2) is 0 Å². The van der Waals surface area contributed by atoms with Crippen LogP contribution in [0.25, 0.3) is 0 Å². The molecule has 0 aliphatic heterocycles. The molecule has 0 saturated heterocycles. The van der Waals surface area contributed by atoms with Crippen molar-refractivity contribution in [3.8, 4) is 5.75 Å². The van der Waals surface area contributed by atoms with E-state index < -0.39 is 0 Å². The lowest BCUT2D eigenvalue weighted by Gasteiger charge is -2.22. The summed E-state index contributed by atoms with van der Waals surface area (Å²) < 4.78 is 5.25. The lowest BCUT2D eigenvalue weighted by molar-refractivity contribution is 0.414. The molecule has 0 amide bonds. The minimum absolute atomic E-state index is 0.554. The lowest BCUT2D eigenvalue weighted by atomic mass is 10.1. The molecule has 19 heavy (non-hydrogen) atoms. The fourth-order valence-corrected chi connectivity index (χ4v) is 2.19. The summed E-state index contributed by atoms with van der Waals surface area (Å²) in [5.41, 5.74) is 9.33. The van der Waals surface area contributed by atoms with Crippen LogP contribution in [0, 0.1) is 0 Å². The van der Waals surface area contributed by atoms with E-state index in [4.69, 9.17) is 10.5 Å². The van der Waals surface area contributed by atoms with E-state index >= 15 is 0 Å².